The summed E-state index contributed by atoms with van der Waals surface area (Å²) < 4.78 is 0. The van der Waals surface area contributed by atoms with Crippen LogP contribution in [-0.4, -0.2) is 35.2 Å². The van der Waals surface area contributed by atoms with Crippen LogP contribution in [0.1, 0.15) is 18.0 Å². The van der Waals surface area contributed by atoms with Crippen molar-refractivity contribution >= 4 is 6.09 Å². The van der Waals surface area contributed by atoms with Crippen LogP contribution in [0.2, 0.25) is 0 Å². The smallest absolute Gasteiger partial charge is 0.407 e. The van der Waals surface area contributed by atoms with Crippen molar-refractivity contribution in [1.29, 1.82) is 0 Å². The molecule has 2 N–H and O–H groups in total. The Balaban J connectivity index is 2.00. The van der Waals surface area contributed by atoms with Crippen LogP contribution in [0.5, 0.6) is 0 Å². The van der Waals surface area contributed by atoms with E-state index in [1.165, 1.54) is 0 Å². The summed E-state index contributed by atoms with van der Waals surface area (Å²) in [6.07, 6.45) is 0.257. The zero-order valence-electron chi connectivity index (χ0n) is 9.76. The number of benzene rings is 1. The summed E-state index contributed by atoms with van der Waals surface area (Å²) in [6.45, 7) is 0.649. The van der Waals surface area contributed by atoms with Gasteiger partial charge in [-0.25, -0.2) is 4.79 Å². The third-order valence-corrected chi connectivity index (χ3v) is 4.20. The van der Waals surface area contributed by atoms with Crippen molar-refractivity contribution < 1.29 is 9.90 Å². The lowest BCUT2D eigenvalue weighted by molar-refractivity contribution is 0.127. The molecule has 2 aliphatic rings. The van der Waals surface area contributed by atoms with E-state index in [-0.39, 0.29) is 11.6 Å². The van der Waals surface area contributed by atoms with Gasteiger partial charge in [-0.3, -0.25) is 4.90 Å². The van der Waals surface area contributed by atoms with Gasteiger partial charge in [0.05, 0.1) is 6.04 Å². The monoisotopic (exact) mass is 232 g/mol. The van der Waals surface area contributed by atoms with Gasteiger partial charge in [-0.05, 0) is 24.9 Å². The summed E-state index contributed by atoms with van der Waals surface area (Å²) in [4.78, 5) is 12.9. The van der Waals surface area contributed by atoms with E-state index in [1.54, 1.807) is 4.90 Å². The number of amides is 1. The minimum Gasteiger partial charge on any atom is -0.465 e. The van der Waals surface area contributed by atoms with Gasteiger partial charge in [0.15, 0.2) is 0 Å². The van der Waals surface area contributed by atoms with Crippen LogP contribution in [-0.2, 0) is 0 Å². The number of piperidine rings is 1. The van der Waals surface area contributed by atoms with Gasteiger partial charge in [-0.15, -0.1) is 0 Å². The first-order valence-electron chi connectivity index (χ1n) is 5.92. The van der Waals surface area contributed by atoms with E-state index < -0.39 is 6.09 Å². The second-order valence-electron chi connectivity index (χ2n) is 4.94. The van der Waals surface area contributed by atoms with Gasteiger partial charge < -0.3 is 10.4 Å². The molecule has 0 radical (unpaired) electrons. The highest BCUT2D eigenvalue weighted by Gasteiger charge is 2.66. The molecule has 0 spiro atoms. The van der Waals surface area contributed by atoms with E-state index in [4.69, 9.17) is 0 Å². The summed E-state index contributed by atoms with van der Waals surface area (Å²) in [7, 11) is 1.93. The molecule has 1 aromatic rings. The number of hydrogen-bond acceptors (Lipinski definition) is 2. The maximum Gasteiger partial charge on any atom is 0.407 e. The molecule has 3 rings (SSSR count). The Morgan fingerprint density at radius 1 is 1.47 bits per heavy atom. The van der Waals surface area contributed by atoms with E-state index in [1.807, 2.05) is 37.4 Å². The largest absolute Gasteiger partial charge is 0.465 e. The third-order valence-electron chi connectivity index (χ3n) is 4.20. The number of rotatable bonds is 2. The number of fused-ring (bicyclic) bond motifs is 1. The van der Waals surface area contributed by atoms with Gasteiger partial charge in [0.25, 0.3) is 0 Å². The van der Waals surface area contributed by atoms with Gasteiger partial charge in [-0.2, -0.15) is 0 Å². The number of carboxylic acid groups (broad SMARTS) is 1. The van der Waals surface area contributed by atoms with Crippen LogP contribution < -0.4 is 5.32 Å². The molecule has 4 nitrogen and oxygen atoms in total. The van der Waals surface area contributed by atoms with Gasteiger partial charge in [0, 0.05) is 12.1 Å². The first kappa shape index (κ1) is 10.6. The topological polar surface area (TPSA) is 52.6 Å². The van der Waals surface area contributed by atoms with E-state index in [9.17, 15) is 9.90 Å². The second kappa shape index (κ2) is 3.47. The van der Waals surface area contributed by atoms with Crippen LogP contribution in [0, 0.1) is 5.92 Å². The van der Waals surface area contributed by atoms with Crippen molar-refractivity contribution in [3.63, 3.8) is 0 Å². The lowest BCUT2D eigenvalue weighted by Gasteiger charge is -2.30. The Morgan fingerprint density at radius 2 is 2.18 bits per heavy atom. The predicted octanol–water partition coefficient (Wildman–Crippen LogP) is 1.70. The Bertz CT molecular complexity index is 444. The summed E-state index contributed by atoms with van der Waals surface area (Å²) in [5.41, 5.74) is 1.06. The fourth-order valence-corrected chi connectivity index (χ4v) is 3.28. The molecule has 1 saturated heterocycles. The number of nitrogens with one attached hydrogen (secondary N) is 1. The molecule has 2 fully saturated rings. The van der Waals surface area contributed by atoms with Crippen LogP contribution in [0.4, 0.5) is 4.79 Å². The van der Waals surface area contributed by atoms with Crippen LogP contribution in [0.15, 0.2) is 30.3 Å². The highest BCUT2D eigenvalue weighted by Crippen LogP contribution is 2.59. The molecule has 1 heterocycles. The standard InChI is InChI=1S/C13H16N2O2/c1-14-13-7-10(13)8-15(12(16)17)11(13)9-5-3-2-4-6-9/h2-6,10-11,14H,7-8H2,1H3,(H,16,17)/t10-,11-,13+/m1/s1. The maximum absolute atomic E-state index is 11.3. The predicted molar refractivity (Wildman–Crippen MR) is 63.8 cm³/mol. The normalized spacial score (nSPS) is 34.5. The maximum atomic E-state index is 11.3. The molecule has 1 aliphatic heterocycles. The zero-order chi connectivity index (χ0) is 12.0. The number of carbonyl (C=O) groups is 1. The number of likely N-dealkylation sites (N-methyl/N-ethyl adjacent to an activating group) is 1. The minimum absolute atomic E-state index is 0.0280. The fourth-order valence-electron chi connectivity index (χ4n) is 3.28. The molecule has 3 atom stereocenters. The van der Waals surface area contributed by atoms with Crippen molar-refractivity contribution in [2.24, 2.45) is 5.92 Å². The average Bonchev–Trinajstić information content (AvgIpc) is 2.96. The van der Waals surface area contributed by atoms with Crippen molar-refractivity contribution in [1.82, 2.24) is 10.2 Å². The van der Waals surface area contributed by atoms with E-state index in [0.29, 0.717) is 12.5 Å². The molecular formula is C13H16N2O2. The minimum atomic E-state index is -0.819. The summed E-state index contributed by atoms with van der Waals surface area (Å²) in [6, 6.07) is 9.88. The van der Waals surface area contributed by atoms with E-state index >= 15 is 0 Å². The summed E-state index contributed by atoms with van der Waals surface area (Å²) >= 11 is 0. The number of nitrogens with zero attached hydrogens (tertiary/aromatic N) is 1. The van der Waals surface area contributed by atoms with Crippen LogP contribution >= 0.6 is 0 Å². The SMILES string of the molecule is CN[C@@]12C[C@@H]1CN(C(=O)O)[C@@H]2c1ccccc1. The highest BCUT2D eigenvalue weighted by molar-refractivity contribution is 5.68. The summed E-state index contributed by atoms with van der Waals surface area (Å²) in [5, 5.41) is 12.6. The molecule has 0 aromatic heterocycles. The molecule has 4 heteroatoms. The molecule has 0 unspecified atom stereocenters. The average molecular weight is 232 g/mol. The summed E-state index contributed by atoms with van der Waals surface area (Å²) in [5.74, 6) is 0.466. The third kappa shape index (κ3) is 1.37. The number of likely N-dealkylation sites (tertiary alicyclic amines) is 1. The lowest BCUT2D eigenvalue weighted by atomic mass is 9.97. The lowest BCUT2D eigenvalue weighted by Crippen LogP contribution is -2.41. The molecule has 1 aromatic carbocycles. The first-order chi connectivity index (χ1) is 8.19. The van der Waals surface area contributed by atoms with Gasteiger partial charge in [0.1, 0.15) is 0 Å². The molecule has 1 saturated carbocycles. The van der Waals surface area contributed by atoms with Gasteiger partial charge >= 0.3 is 6.09 Å². The van der Waals surface area contributed by atoms with Gasteiger partial charge in [-0.1, -0.05) is 30.3 Å². The Labute approximate surface area is 100 Å². The second-order valence-corrected chi connectivity index (χ2v) is 4.94. The Morgan fingerprint density at radius 3 is 2.76 bits per heavy atom. The first-order valence-corrected chi connectivity index (χ1v) is 5.92. The molecule has 1 aliphatic carbocycles. The quantitative estimate of drug-likeness (QED) is 0.816. The van der Waals surface area contributed by atoms with Crippen molar-refractivity contribution in [3.05, 3.63) is 35.9 Å². The van der Waals surface area contributed by atoms with Crippen molar-refractivity contribution in [2.75, 3.05) is 13.6 Å². The Kier molecular flexibility index (Phi) is 2.16. The number of hydrogen-bond donors (Lipinski definition) is 2. The van der Waals surface area contributed by atoms with Crippen LogP contribution in [0.25, 0.3) is 0 Å². The van der Waals surface area contributed by atoms with E-state index in [2.05, 4.69) is 5.32 Å². The van der Waals surface area contributed by atoms with Crippen molar-refractivity contribution in [3.8, 4) is 0 Å². The molecular weight excluding hydrogens is 216 g/mol. The van der Waals surface area contributed by atoms with Crippen molar-refractivity contribution in [2.45, 2.75) is 18.0 Å². The Hall–Kier alpha value is -1.55. The van der Waals surface area contributed by atoms with E-state index in [0.717, 1.165) is 12.0 Å². The van der Waals surface area contributed by atoms with Crippen LogP contribution in [0.3, 0.4) is 0 Å². The molecule has 90 valence electrons. The molecule has 1 amide bonds. The highest BCUT2D eigenvalue weighted by atomic mass is 16.4. The molecule has 17 heavy (non-hydrogen) atoms. The van der Waals surface area contributed by atoms with Gasteiger partial charge in [0.2, 0.25) is 0 Å². The fraction of sp³-hybridized carbons (Fsp3) is 0.462. The zero-order valence-corrected chi connectivity index (χ0v) is 9.76. The molecule has 0 bridgehead atoms.